The van der Waals surface area contributed by atoms with Gasteiger partial charge in [0.05, 0.1) is 5.52 Å². The summed E-state index contributed by atoms with van der Waals surface area (Å²) in [5, 5.41) is 5.24. The monoisotopic (exact) mass is 333 g/mol. The summed E-state index contributed by atoms with van der Waals surface area (Å²) in [6, 6.07) is 13.8. The summed E-state index contributed by atoms with van der Waals surface area (Å²) in [5.74, 6) is 2.55. The molecule has 25 heavy (non-hydrogen) atoms. The Morgan fingerprint density at radius 2 is 1.84 bits per heavy atom. The Balaban J connectivity index is 1.64. The highest BCUT2D eigenvalue weighted by molar-refractivity contribution is 5.91. The van der Waals surface area contributed by atoms with E-state index in [9.17, 15) is 0 Å². The largest absolute Gasteiger partial charge is 0.486 e. The summed E-state index contributed by atoms with van der Waals surface area (Å²) in [5.41, 5.74) is 8.47. The van der Waals surface area contributed by atoms with Crippen molar-refractivity contribution in [1.29, 1.82) is 0 Å². The molecule has 2 N–H and O–H groups in total. The lowest BCUT2D eigenvalue weighted by molar-refractivity contribution is 0.171. The molecular formula is C18H15N5O2. The van der Waals surface area contributed by atoms with E-state index in [4.69, 9.17) is 20.2 Å². The van der Waals surface area contributed by atoms with Gasteiger partial charge >= 0.3 is 0 Å². The summed E-state index contributed by atoms with van der Waals surface area (Å²) >= 11 is 0. The molecule has 0 unspecified atom stereocenters. The summed E-state index contributed by atoms with van der Waals surface area (Å²) in [6.45, 7) is 1.14. The third-order valence-electron chi connectivity index (χ3n) is 4.23. The van der Waals surface area contributed by atoms with Crippen molar-refractivity contribution in [2.75, 3.05) is 18.9 Å². The van der Waals surface area contributed by atoms with Gasteiger partial charge in [-0.2, -0.15) is 9.50 Å². The first-order valence-corrected chi connectivity index (χ1v) is 8.06. The number of hydrogen-bond acceptors (Lipinski definition) is 6. The zero-order chi connectivity index (χ0) is 16.8. The molecule has 0 radical (unpaired) electrons. The van der Waals surface area contributed by atoms with Crippen molar-refractivity contribution in [3.05, 3.63) is 53.9 Å². The van der Waals surface area contributed by atoms with Crippen molar-refractivity contribution in [3.8, 4) is 11.5 Å². The van der Waals surface area contributed by atoms with Crippen LogP contribution in [0.15, 0.2) is 42.5 Å². The maximum absolute atomic E-state index is 5.83. The standard InChI is InChI=1S/C18H15N5O2/c19-18-21-17-12-3-1-2-4-13(12)20-16(23(17)22-18)10-11-5-6-14-15(9-11)25-8-7-24-14/h1-6,9H,7-8,10H2,(H2,19,22). The lowest BCUT2D eigenvalue weighted by Crippen LogP contribution is -2.15. The van der Waals surface area contributed by atoms with Gasteiger partial charge in [-0.15, -0.1) is 5.10 Å². The fourth-order valence-electron chi connectivity index (χ4n) is 3.12. The highest BCUT2D eigenvalue weighted by Gasteiger charge is 2.15. The summed E-state index contributed by atoms with van der Waals surface area (Å²) in [7, 11) is 0. The van der Waals surface area contributed by atoms with Gasteiger partial charge in [-0.25, -0.2) is 4.98 Å². The molecule has 2 aromatic carbocycles. The molecule has 0 atom stereocenters. The molecule has 0 aliphatic carbocycles. The first kappa shape index (κ1) is 14.0. The van der Waals surface area contributed by atoms with E-state index in [2.05, 4.69) is 10.1 Å². The smallest absolute Gasteiger partial charge is 0.240 e. The van der Waals surface area contributed by atoms with Crippen LogP contribution in [-0.2, 0) is 6.42 Å². The molecule has 4 aromatic rings. The topological polar surface area (TPSA) is 87.6 Å². The number of fused-ring (bicyclic) bond motifs is 4. The number of benzene rings is 2. The Kier molecular flexibility index (Phi) is 3.00. The summed E-state index contributed by atoms with van der Waals surface area (Å²) in [4.78, 5) is 9.12. The average molecular weight is 333 g/mol. The lowest BCUT2D eigenvalue weighted by Gasteiger charge is -2.18. The zero-order valence-corrected chi connectivity index (χ0v) is 13.3. The van der Waals surface area contributed by atoms with E-state index in [1.54, 1.807) is 4.52 Å². The maximum atomic E-state index is 5.83. The van der Waals surface area contributed by atoms with Gasteiger partial charge in [-0.3, -0.25) is 0 Å². The van der Waals surface area contributed by atoms with Gasteiger partial charge in [-0.05, 0) is 29.8 Å². The Hall–Kier alpha value is -3.35. The summed E-state index contributed by atoms with van der Waals surface area (Å²) < 4.78 is 13.0. The quantitative estimate of drug-likeness (QED) is 0.605. The number of aromatic nitrogens is 4. The molecule has 2 aromatic heterocycles. The van der Waals surface area contributed by atoms with Crippen LogP contribution >= 0.6 is 0 Å². The van der Waals surface area contributed by atoms with E-state index < -0.39 is 0 Å². The lowest BCUT2D eigenvalue weighted by atomic mass is 10.1. The molecule has 0 fully saturated rings. The van der Waals surface area contributed by atoms with E-state index in [1.807, 2.05) is 42.5 Å². The normalized spacial score (nSPS) is 13.4. The number of anilines is 1. The first-order chi connectivity index (χ1) is 12.3. The Bertz CT molecular complexity index is 1110. The van der Waals surface area contributed by atoms with Crippen LogP contribution in [0.25, 0.3) is 16.6 Å². The molecule has 7 nitrogen and oxygen atoms in total. The van der Waals surface area contributed by atoms with Gasteiger partial charge in [0.2, 0.25) is 5.95 Å². The van der Waals surface area contributed by atoms with Crippen molar-refractivity contribution in [3.63, 3.8) is 0 Å². The number of hydrogen-bond donors (Lipinski definition) is 1. The molecule has 0 saturated heterocycles. The van der Waals surface area contributed by atoms with Gasteiger partial charge < -0.3 is 15.2 Å². The van der Waals surface area contributed by atoms with Crippen LogP contribution in [-0.4, -0.2) is 32.8 Å². The number of nitrogens with two attached hydrogens (primary N) is 1. The van der Waals surface area contributed by atoms with E-state index >= 15 is 0 Å². The van der Waals surface area contributed by atoms with Crippen molar-refractivity contribution >= 4 is 22.5 Å². The molecule has 3 heterocycles. The van der Waals surface area contributed by atoms with Crippen LogP contribution in [0, 0.1) is 0 Å². The van der Waals surface area contributed by atoms with Gasteiger partial charge in [0.1, 0.15) is 19.0 Å². The third-order valence-corrected chi connectivity index (χ3v) is 4.23. The second-order valence-corrected chi connectivity index (χ2v) is 5.91. The highest BCUT2D eigenvalue weighted by Crippen LogP contribution is 2.31. The van der Waals surface area contributed by atoms with Gasteiger partial charge in [-0.1, -0.05) is 18.2 Å². The fourth-order valence-corrected chi connectivity index (χ4v) is 3.12. The van der Waals surface area contributed by atoms with Crippen molar-refractivity contribution in [2.45, 2.75) is 6.42 Å². The molecule has 1 aliphatic rings. The van der Waals surface area contributed by atoms with E-state index in [0.717, 1.165) is 39.4 Å². The second-order valence-electron chi connectivity index (χ2n) is 5.91. The van der Waals surface area contributed by atoms with Crippen LogP contribution < -0.4 is 15.2 Å². The Morgan fingerprint density at radius 1 is 1.00 bits per heavy atom. The molecule has 1 aliphatic heterocycles. The third kappa shape index (κ3) is 2.32. The number of nitrogens with zero attached hydrogens (tertiary/aromatic N) is 4. The minimum atomic E-state index is 0.238. The van der Waals surface area contributed by atoms with E-state index in [1.165, 1.54) is 0 Å². The van der Waals surface area contributed by atoms with Crippen LogP contribution in [0.2, 0.25) is 0 Å². The molecule has 0 saturated carbocycles. The molecule has 7 heteroatoms. The molecular weight excluding hydrogens is 318 g/mol. The van der Waals surface area contributed by atoms with Gasteiger partial charge in [0.15, 0.2) is 17.1 Å². The van der Waals surface area contributed by atoms with E-state index in [-0.39, 0.29) is 5.95 Å². The van der Waals surface area contributed by atoms with Crippen LogP contribution in [0.4, 0.5) is 5.95 Å². The molecule has 5 rings (SSSR count). The molecule has 0 bridgehead atoms. The first-order valence-electron chi connectivity index (χ1n) is 8.06. The molecule has 0 spiro atoms. The molecule has 124 valence electrons. The van der Waals surface area contributed by atoms with Crippen LogP contribution in [0.3, 0.4) is 0 Å². The van der Waals surface area contributed by atoms with E-state index in [0.29, 0.717) is 19.6 Å². The minimum Gasteiger partial charge on any atom is -0.486 e. The van der Waals surface area contributed by atoms with Gasteiger partial charge in [0, 0.05) is 11.8 Å². The number of nitrogen functional groups attached to an aromatic ring is 1. The summed E-state index contributed by atoms with van der Waals surface area (Å²) in [6.07, 6.45) is 0.584. The van der Waals surface area contributed by atoms with Crippen LogP contribution in [0.1, 0.15) is 11.4 Å². The predicted molar refractivity (Wildman–Crippen MR) is 92.9 cm³/mol. The predicted octanol–water partition coefficient (Wildman–Crippen LogP) is 2.22. The number of para-hydroxylation sites is 1. The average Bonchev–Trinajstić information content (AvgIpc) is 3.04. The number of rotatable bonds is 2. The Labute approximate surface area is 143 Å². The highest BCUT2D eigenvalue weighted by atomic mass is 16.6. The fraction of sp³-hybridized carbons (Fsp3) is 0.167. The van der Waals surface area contributed by atoms with Crippen molar-refractivity contribution in [2.24, 2.45) is 0 Å². The zero-order valence-electron chi connectivity index (χ0n) is 13.3. The Morgan fingerprint density at radius 3 is 2.76 bits per heavy atom. The van der Waals surface area contributed by atoms with Gasteiger partial charge in [0.25, 0.3) is 0 Å². The number of ether oxygens (including phenoxy) is 2. The SMILES string of the molecule is Nc1nc2c3ccccc3nc(Cc3ccc4c(c3)OCCO4)n2n1. The van der Waals surface area contributed by atoms with Crippen LogP contribution in [0.5, 0.6) is 11.5 Å². The van der Waals surface area contributed by atoms with Crippen molar-refractivity contribution < 1.29 is 9.47 Å². The minimum absolute atomic E-state index is 0.238. The maximum Gasteiger partial charge on any atom is 0.240 e. The van der Waals surface area contributed by atoms with Crippen molar-refractivity contribution in [1.82, 2.24) is 19.6 Å². The molecule has 0 amide bonds. The second kappa shape index (κ2) is 5.34.